The minimum atomic E-state index is -2.17. The maximum atomic E-state index is 14.7. The van der Waals surface area contributed by atoms with Crippen molar-refractivity contribution in [3.05, 3.63) is 66.2 Å². The number of amides is 1. The number of carbonyl (C=O) groups is 1. The summed E-state index contributed by atoms with van der Waals surface area (Å²) >= 11 is 0. The molecule has 8 nitrogen and oxygen atoms in total. The standard InChI is InChI=1S/C31H36F2N6O2S/c1-35-42(41)16-14-38(15-17-42)24-7-2-21(3-8-24)28-19-39(25-9-4-22(32)5-10-25)37-29(28)26-11-6-23(33)18-27(26)30(40)36-31(20-34)12-13-31/h2-5,7-10,19,23,26-27,42H,6,11-18H2,1H3,(H,35,41)(H,36,40)/t23-,26+,27+/m0/s1. The highest BCUT2D eigenvalue weighted by Gasteiger charge is 2.48. The molecule has 3 aromatic rings. The molecule has 6 rings (SSSR count). The Labute approximate surface area is 245 Å². The maximum Gasteiger partial charge on any atom is 0.225 e. The molecule has 0 spiro atoms. The lowest BCUT2D eigenvalue weighted by Crippen LogP contribution is -2.44. The molecule has 0 radical (unpaired) electrons. The van der Waals surface area contributed by atoms with E-state index in [4.69, 9.17) is 5.10 Å². The zero-order chi connectivity index (χ0) is 29.5. The van der Waals surface area contributed by atoms with Crippen LogP contribution in [0.25, 0.3) is 16.8 Å². The zero-order valence-electron chi connectivity index (χ0n) is 23.6. The fraction of sp³-hybridized carbons (Fsp3) is 0.452. The monoisotopic (exact) mass is 594 g/mol. The molecule has 0 unspecified atom stereocenters. The van der Waals surface area contributed by atoms with Gasteiger partial charge in [0.05, 0.1) is 17.5 Å². The maximum absolute atomic E-state index is 14.7. The number of benzene rings is 2. The van der Waals surface area contributed by atoms with Crippen LogP contribution in [0.1, 0.15) is 43.7 Å². The SMILES string of the molecule is CN=[SH]1(O)CCN(c2ccc(-c3cn(-c4ccc(F)cc4)nc3[C@@H]3CC[C@H](F)C[C@H]3C(=O)NC3(C#N)CC3)cc2)CC1. The van der Waals surface area contributed by atoms with E-state index in [-0.39, 0.29) is 24.1 Å². The van der Waals surface area contributed by atoms with Gasteiger partial charge in [-0.15, -0.1) is 10.1 Å². The van der Waals surface area contributed by atoms with Crippen LogP contribution < -0.4 is 10.2 Å². The topological polar surface area (TPSA) is 107 Å². The third-order valence-corrected chi connectivity index (χ3v) is 11.6. The van der Waals surface area contributed by atoms with E-state index in [0.717, 1.165) is 29.9 Å². The number of aromatic nitrogens is 2. The van der Waals surface area contributed by atoms with Crippen LogP contribution in [0.5, 0.6) is 0 Å². The van der Waals surface area contributed by atoms with Crippen LogP contribution in [-0.4, -0.2) is 63.6 Å². The molecule has 1 amide bonds. The molecule has 2 aromatic carbocycles. The van der Waals surface area contributed by atoms with Crippen LogP contribution in [0.4, 0.5) is 14.5 Å². The molecule has 2 aliphatic carbocycles. The molecule has 42 heavy (non-hydrogen) atoms. The van der Waals surface area contributed by atoms with Crippen molar-refractivity contribution in [1.29, 1.82) is 5.26 Å². The van der Waals surface area contributed by atoms with Gasteiger partial charge in [0.15, 0.2) is 0 Å². The Morgan fingerprint density at radius 1 is 1.12 bits per heavy atom. The van der Waals surface area contributed by atoms with Gasteiger partial charge in [0.25, 0.3) is 0 Å². The predicted molar refractivity (Wildman–Crippen MR) is 161 cm³/mol. The lowest BCUT2D eigenvalue weighted by atomic mass is 9.74. The van der Waals surface area contributed by atoms with E-state index >= 15 is 0 Å². The summed E-state index contributed by atoms with van der Waals surface area (Å²) in [6.07, 6.45) is 2.86. The quantitative estimate of drug-likeness (QED) is 0.346. The first-order valence-electron chi connectivity index (χ1n) is 14.5. The second-order valence-corrected chi connectivity index (χ2v) is 14.8. The van der Waals surface area contributed by atoms with Gasteiger partial charge >= 0.3 is 0 Å². The Morgan fingerprint density at radius 3 is 2.40 bits per heavy atom. The van der Waals surface area contributed by atoms with E-state index in [2.05, 4.69) is 20.6 Å². The van der Waals surface area contributed by atoms with Crippen molar-refractivity contribution >= 4 is 21.7 Å². The Bertz CT molecular complexity index is 1550. The van der Waals surface area contributed by atoms with E-state index in [0.29, 0.717) is 48.6 Å². The summed E-state index contributed by atoms with van der Waals surface area (Å²) in [5.74, 6) is -0.303. The van der Waals surface area contributed by atoms with Crippen molar-refractivity contribution in [2.24, 2.45) is 10.3 Å². The number of hydrogen-bond donors (Lipinski definition) is 3. The molecule has 1 aromatic heterocycles. The van der Waals surface area contributed by atoms with Gasteiger partial charge in [-0.2, -0.15) is 10.4 Å². The van der Waals surface area contributed by atoms with Crippen molar-refractivity contribution in [1.82, 2.24) is 15.1 Å². The third-order valence-electron chi connectivity index (χ3n) is 9.01. The Morgan fingerprint density at radius 2 is 1.79 bits per heavy atom. The molecule has 3 aliphatic rings. The van der Waals surface area contributed by atoms with E-state index in [1.807, 2.05) is 30.5 Å². The molecule has 3 atom stereocenters. The minimum absolute atomic E-state index is 0.0772. The van der Waals surface area contributed by atoms with Crippen LogP contribution in [-0.2, 0) is 14.9 Å². The first kappa shape index (κ1) is 28.5. The number of alkyl halides is 1. The van der Waals surface area contributed by atoms with Gasteiger partial charge in [0.1, 0.15) is 17.5 Å². The number of thiol groups is 1. The van der Waals surface area contributed by atoms with Crippen LogP contribution in [0.3, 0.4) is 0 Å². The average Bonchev–Trinajstić information content (AvgIpc) is 3.65. The molecule has 2 heterocycles. The van der Waals surface area contributed by atoms with Crippen LogP contribution >= 0.6 is 0 Å². The first-order chi connectivity index (χ1) is 20.2. The van der Waals surface area contributed by atoms with Crippen molar-refractivity contribution in [2.75, 3.05) is 36.5 Å². The summed E-state index contributed by atoms with van der Waals surface area (Å²) in [5.41, 5.74) is 3.31. The van der Waals surface area contributed by atoms with Crippen LogP contribution in [0.2, 0.25) is 0 Å². The summed E-state index contributed by atoms with van der Waals surface area (Å²) in [6.45, 7) is 1.48. The van der Waals surface area contributed by atoms with Gasteiger partial charge in [-0.25, -0.2) is 13.5 Å². The second-order valence-electron chi connectivity index (χ2n) is 11.7. The summed E-state index contributed by atoms with van der Waals surface area (Å²) in [7, 11) is -0.472. The number of nitrogens with zero attached hydrogens (tertiary/aromatic N) is 5. The van der Waals surface area contributed by atoms with E-state index in [9.17, 15) is 23.4 Å². The molecule has 1 aliphatic heterocycles. The molecule has 0 bridgehead atoms. The lowest BCUT2D eigenvalue weighted by Gasteiger charge is -2.37. The molecule has 2 saturated carbocycles. The Kier molecular flexibility index (Phi) is 7.62. The number of rotatable bonds is 6. The van der Waals surface area contributed by atoms with Gasteiger partial charge in [0, 0.05) is 60.9 Å². The summed E-state index contributed by atoms with van der Waals surface area (Å²) in [6, 6.07) is 16.4. The highest BCUT2D eigenvalue weighted by molar-refractivity contribution is 8.00. The van der Waals surface area contributed by atoms with Gasteiger partial charge in [0.2, 0.25) is 5.91 Å². The highest BCUT2D eigenvalue weighted by atomic mass is 32.3. The first-order valence-corrected chi connectivity index (χ1v) is 16.6. The van der Waals surface area contributed by atoms with Crippen molar-refractivity contribution in [2.45, 2.75) is 49.7 Å². The van der Waals surface area contributed by atoms with E-state index in [1.165, 1.54) is 12.1 Å². The normalized spacial score (nSPS) is 25.2. The van der Waals surface area contributed by atoms with Gasteiger partial charge < -0.3 is 14.8 Å². The van der Waals surface area contributed by atoms with Crippen LogP contribution in [0.15, 0.2) is 59.1 Å². The minimum Gasteiger partial charge on any atom is -0.370 e. The zero-order valence-corrected chi connectivity index (χ0v) is 24.5. The molecule has 2 N–H and O–H groups in total. The van der Waals surface area contributed by atoms with Crippen LogP contribution in [0, 0.1) is 23.1 Å². The van der Waals surface area contributed by atoms with Gasteiger partial charge in [-0.05, 0) is 74.1 Å². The molecular weight excluding hydrogens is 558 g/mol. The number of anilines is 1. The number of nitriles is 1. The van der Waals surface area contributed by atoms with Crippen molar-refractivity contribution in [3.8, 4) is 22.9 Å². The molecular formula is C31H36F2N6O2S. The molecule has 3 fully saturated rings. The van der Waals surface area contributed by atoms with Gasteiger partial charge in [-0.3, -0.25) is 9.16 Å². The number of carbonyl (C=O) groups excluding carboxylic acids is 1. The molecule has 11 heteroatoms. The van der Waals surface area contributed by atoms with Crippen molar-refractivity contribution in [3.63, 3.8) is 0 Å². The summed E-state index contributed by atoms with van der Waals surface area (Å²) < 4.78 is 44.9. The fourth-order valence-corrected chi connectivity index (χ4v) is 7.91. The molecule has 1 saturated heterocycles. The van der Waals surface area contributed by atoms with E-state index < -0.39 is 27.7 Å². The largest absolute Gasteiger partial charge is 0.370 e. The molecule has 222 valence electrons. The smallest absolute Gasteiger partial charge is 0.225 e. The summed E-state index contributed by atoms with van der Waals surface area (Å²) in [5, 5.41) is 17.3. The highest BCUT2D eigenvalue weighted by Crippen LogP contribution is 2.44. The number of halogens is 2. The fourth-order valence-electron chi connectivity index (χ4n) is 6.16. The van der Waals surface area contributed by atoms with Crippen molar-refractivity contribution < 1.29 is 18.1 Å². The van der Waals surface area contributed by atoms with E-state index in [1.54, 1.807) is 23.9 Å². The number of nitrogens with one attached hydrogen (secondary N) is 1. The number of hydrogen-bond acceptors (Lipinski definition) is 5. The lowest BCUT2D eigenvalue weighted by molar-refractivity contribution is -0.128. The predicted octanol–water partition coefficient (Wildman–Crippen LogP) is 5.07. The van der Waals surface area contributed by atoms with Gasteiger partial charge in [-0.1, -0.05) is 12.1 Å². The second kappa shape index (κ2) is 11.2. The Balaban J connectivity index is 1.34. The average molecular weight is 595 g/mol. The third kappa shape index (κ3) is 5.70. The summed E-state index contributed by atoms with van der Waals surface area (Å²) in [4.78, 5) is 15.7. The Hall–Kier alpha value is -3.62.